The van der Waals surface area contributed by atoms with Crippen molar-refractivity contribution in [2.75, 3.05) is 0 Å². The topological polar surface area (TPSA) is 59.7 Å². The Bertz CT molecular complexity index is 1050. The average molecular weight is 308 g/mol. The molecule has 3 aromatic rings. The third kappa shape index (κ3) is 2.02. The molecule has 116 valence electrons. The molecule has 4 rings (SSSR count). The molecule has 0 bridgehead atoms. The molecule has 23 heavy (non-hydrogen) atoms. The van der Waals surface area contributed by atoms with Crippen LogP contribution in [0.1, 0.15) is 25.0 Å². The highest BCUT2D eigenvalue weighted by atomic mass is 16.5. The molecule has 0 unspecified atom stereocenters. The van der Waals surface area contributed by atoms with Gasteiger partial charge in [0, 0.05) is 6.07 Å². The van der Waals surface area contributed by atoms with Crippen molar-refractivity contribution < 1.29 is 14.3 Å². The van der Waals surface area contributed by atoms with Crippen LogP contribution in [-0.2, 0) is 0 Å². The van der Waals surface area contributed by atoms with E-state index in [-0.39, 0.29) is 16.6 Å². The second-order valence-corrected chi connectivity index (χ2v) is 6.48. The van der Waals surface area contributed by atoms with Gasteiger partial charge in [-0.05, 0) is 45.1 Å². The molecule has 0 spiro atoms. The lowest BCUT2D eigenvalue weighted by Gasteiger charge is -2.28. The fourth-order valence-electron chi connectivity index (χ4n) is 2.96. The molecule has 1 N–H and O–H groups in total. The van der Waals surface area contributed by atoms with Crippen LogP contribution in [0.5, 0.6) is 11.5 Å². The van der Waals surface area contributed by atoms with Gasteiger partial charge in [-0.25, -0.2) is 0 Å². The van der Waals surface area contributed by atoms with E-state index in [0.717, 1.165) is 5.56 Å². The molecule has 4 heteroatoms. The zero-order valence-corrected chi connectivity index (χ0v) is 13.1. The monoisotopic (exact) mass is 308 g/mol. The van der Waals surface area contributed by atoms with Gasteiger partial charge in [-0.2, -0.15) is 0 Å². The fraction of sp³-hybridized carbons (Fsp3) is 0.211. The first-order valence-corrected chi connectivity index (χ1v) is 7.47. The SMILES string of the molecule is Cc1ccc2oc3c4c(cc(O)c3c(=O)c2c1)OC(C)(C)C=C4. The van der Waals surface area contributed by atoms with Gasteiger partial charge in [0.2, 0.25) is 5.43 Å². The molecule has 0 saturated carbocycles. The molecule has 4 nitrogen and oxygen atoms in total. The van der Waals surface area contributed by atoms with Crippen LogP contribution >= 0.6 is 0 Å². The summed E-state index contributed by atoms with van der Waals surface area (Å²) < 4.78 is 11.8. The lowest BCUT2D eigenvalue weighted by molar-refractivity contribution is 0.158. The van der Waals surface area contributed by atoms with Gasteiger partial charge in [0.25, 0.3) is 0 Å². The number of hydrogen-bond donors (Lipinski definition) is 1. The van der Waals surface area contributed by atoms with E-state index in [1.807, 2.05) is 39.0 Å². The van der Waals surface area contributed by atoms with Crippen LogP contribution in [0.4, 0.5) is 0 Å². The smallest absolute Gasteiger partial charge is 0.204 e. The number of hydrogen-bond acceptors (Lipinski definition) is 4. The highest BCUT2D eigenvalue weighted by Gasteiger charge is 2.26. The maximum absolute atomic E-state index is 12.8. The second kappa shape index (κ2) is 4.38. The first-order chi connectivity index (χ1) is 10.9. The molecule has 1 aliphatic rings. The Morgan fingerprint density at radius 1 is 1.17 bits per heavy atom. The van der Waals surface area contributed by atoms with Gasteiger partial charge in [-0.3, -0.25) is 4.79 Å². The van der Waals surface area contributed by atoms with E-state index < -0.39 is 5.60 Å². The molecule has 0 radical (unpaired) electrons. The summed E-state index contributed by atoms with van der Waals surface area (Å²) in [5, 5.41) is 11.0. The third-order valence-corrected chi connectivity index (χ3v) is 4.10. The summed E-state index contributed by atoms with van der Waals surface area (Å²) in [4.78, 5) is 12.8. The highest BCUT2D eigenvalue weighted by molar-refractivity contribution is 5.99. The summed E-state index contributed by atoms with van der Waals surface area (Å²) in [6.45, 7) is 5.76. The van der Waals surface area contributed by atoms with E-state index >= 15 is 0 Å². The van der Waals surface area contributed by atoms with Gasteiger partial charge in [0.05, 0.1) is 10.9 Å². The van der Waals surface area contributed by atoms with Crippen molar-refractivity contribution in [2.24, 2.45) is 0 Å². The summed E-state index contributed by atoms with van der Waals surface area (Å²) in [6.07, 6.45) is 3.79. The van der Waals surface area contributed by atoms with Crippen LogP contribution in [0.3, 0.4) is 0 Å². The third-order valence-electron chi connectivity index (χ3n) is 4.10. The number of ether oxygens (including phenoxy) is 1. The van der Waals surface area contributed by atoms with E-state index in [2.05, 4.69) is 0 Å². The van der Waals surface area contributed by atoms with Crippen molar-refractivity contribution in [3.05, 3.63) is 51.7 Å². The minimum absolute atomic E-state index is 0.123. The summed E-state index contributed by atoms with van der Waals surface area (Å²) in [7, 11) is 0. The van der Waals surface area contributed by atoms with Crippen molar-refractivity contribution >= 4 is 28.0 Å². The molecule has 2 aromatic carbocycles. The standard InChI is InChI=1S/C19H16O4/c1-10-4-5-14-12(8-10)17(21)16-13(20)9-15-11(18(16)22-14)6-7-19(2,3)23-15/h4-9,20H,1-3H3. The predicted molar refractivity (Wildman–Crippen MR) is 90.1 cm³/mol. The second-order valence-electron chi connectivity index (χ2n) is 6.48. The number of aromatic hydroxyl groups is 1. The van der Waals surface area contributed by atoms with Gasteiger partial charge >= 0.3 is 0 Å². The number of phenolic OH excluding ortho intramolecular Hbond substituents is 1. The lowest BCUT2D eigenvalue weighted by Crippen LogP contribution is -2.27. The number of phenols is 1. The Morgan fingerprint density at radius 2 is 1.96 bits per heavy atom. The van der Waals surface area contributed by atoms with Crippen LogP contribution in [-0.4, -0.2) is 10.7 Å². The maximum atomic E-state index is 12.8. The Kier molecular flexibility index (Phi) is 2.64. The Hall–Kier alpha value is -2.75. The van der Waals surface area contributed by atoms with Crippen LogP contribution in [0.2, 0.25) is 0 Å². The number of rotatable bonds is 0. The Labute approximate surface area is 132 Å². The van der Waals surface area contributed by atoms with Crippen LogP contribution in [0.25, 0.3) is 28.0 Å². The zero-order chi connectivity index (χ0) is 16.4. The molecular weight excluding hydrogens is 292 g/mol. The quantitative estimate of drug-likeness (QED) is 0.634. The van der Waals surface area contributed by atoms with Crippen molar-refractivity contribution in [2.45, 2.75) is 26.4 Å². The number of fused-ring (bicyclic) bond motifs is 4. The van der Waals surface area contributed by atoms with Crippen LogP contribution in [0.15, 0.2) is 39.6 Å². The molecule has 0 amide bonds. The summed E-state index contributed by atoms with van der Waals surface area (Å²) >= 11 is 0. The van der Waals surface area contributed by atoms with E-state index in [9.17, 15) is 9.90 Å². The van der Waals surface area contributed by atoms with Crippen molar-refractivity contribution in [1.29, 1.82) is 0 Å². The first-order valence-electron chi connectivity index (χ1n) is 7.47. The Morgan fingerprint density at radius 3 is 2.74 bits per heavy atom. The van der Waals surface area contributed by atoms with Crippen molar-refractivity contribution in [3.8, 4) is 11.5 Å². The molecule has 0 aliphatic carbocycles. The first kappa shape index (κ1) is 13.9. The largest absolute Gasteiger partial charge is 0.507 e. The fourth-order valence-corrected chi connectivity index (χ4v) is 2.96. The molecule has 0 fully saturated rings. The van der Waals surface area contributed by atoms with E-state index in [0.29, 0.717) is 27.9 Å². The van der Waals surface area contributed by atoms with Crippen molar-refractivity contribution in [3.63, 3.8) is 0 Å². The molecule has 2 heterocycles. The van der Waals surface area contributed by atoms with E-state index in [1.165, 1.54) is 6.07 Å². The predicted octanol–water partition coefficient (Wildman–Crippen LogP) is 4.14. The van der Waals surface area contributed by atoms with Gasteiger partial charge in [-0.1, -0.05) is 11.6 Å². The highest BCUT2D eigenvalue weighted by Crippen LogP contribution is 2.40. The molecular formula is C19H16O4. The molecule has 0 atom stereocenters. The normalized spacial score (nSPS) is 15.6. The zero-order valence-electron chi connectivity index (χ0n) is 13.1. The summed E-state index contributed by atoms with van der Waals surface area (Å²) in [5.74, 6) is 0.388. The summed E-state index contributed by atoms with van der Waals surface area (Å²) in [5.41, 5.74) is 1.79. The van der Waals surface area contributed by atoms with Gasteiger partial charge in [0.1, 0.15) is 28.1 Å². The molecule has 0 saturated heterocycles. The number of benzene rings is 2. The average Bonchev–Trinajstić information content (AvgIpc) is 2.46. The maximum Gasteiger partial charge on any atom is 0.204 e. The van der Waals surface area contributed by atoms with Gasteiger partial charge < -0.3 is 14.3 Å². The van der Waals surface area contributed by atoms with Crippen molar-refractivity contribution in [1.82, 2.24) is 0 Å². The van der Waals surface area contributed by atoms with E-state index in [1.54, 1.807) is 12.1 Å². The minimum atomic E-state index is -0.471. The van der Waals surface area contributed by atoms with Gasteiger partial charge in [-0.15, -0.1) is 0 Å². The Balaban J connectivity index is 2.18. The lowest BCUT2D eigenvalue weighted by atomic mass is 9.99. The van der Waals surface area contributed by atoms with Gasteiger partial charge in [0.15, 0.2) is 5.58 Å². The van der Waals surface area contributed by atoms with Crippen LogP contribution < -0.4 is 10.2 Å². The summed E-state index contributed by atoms with van der Waals surface area (Å²) in [6, 6.07) is 6.93. The minimum Gasteiger partial charge on any atom is -0.507 e. The van der Waals surface area contributed by atoms with E-state index in [4.69, 9.17) is 9.15 Å². The molecule has 1 aliphatic heterocycles. The molecule has 1 aromatic heterocycles. The van der Waals surface area contributed by atoms with Crippen LogP contribution in [0, 0.1) is 6.92 Å². The number of aryl methyl sites for hydroxylation is 1.